The first kappa shape index (κ1) is 17.5. The normalized spacial score (nSPS) is 13.1. The van der Waals surface area contributed by atoms with Gasteiger partial charge in [-0.15, -0.1) is 0 Å². The summed E-state index contributed by atoms with van der Waals surface area (Å²) in [5.41, 5.74) is 7.06. The Hall–Kier alpha value is -1.89. The van der Waals surface area contributed by atoms with E-state index in [1.165, 1.54) is 0 Å². The molecule has 0 saturated carbocycles. The standard InChI is InChI=1S/C16H14N2O4.Na/c17-10-7-9-3-1-4-11-14(9)12(8-10)16(22)18(15(11)21)6-2-5-13(19)20;/h1,3-4,7-8H,2,5-6,17H2,(H,19,20);/q;+1/p-1. The molecule has 7 heteroatoms. The summed E-state index contributed by atoms with van der Waals surface area (Å²) < 4.78 is 0. The average Bonchev–Trinajstić information content (AvgIpc) is 2.47. The first-order valence-corrected chi connectivity index (χ1v) is 6.87. The van der Waals surface area contributed by atoms with Gasteiger partial charge in [-0.05, 0) is 36.4 Å². The Morgan fingerprint density at radius 1 is 1.13 bits per heavy atom. The van der Waals surface area contributed by atoms with E-state index in [2.05, 4.69) is 0 Å². The molecule has 112 valence electrons. The van der Waals surface area contributed by atoms with Crippen molar-refractivity contribution in [3.63, 3.8) is 0 Å². The number of carbonyl (C=O) groups is 3. The maximum absolute atomic E-state index is 12.5. The number of amides is 2. The van der Waals surface area contributed by atoms with Crippen molar-refractivity contribution in [3.8, 4) is 0 Å². The summed E-state index contributed by atoms with van der Waals surface area (Å²) in [5, 5.41) is 11.8. The molecule has 1 aliphatic rings. The minimum atomic E-state index is -1.20. The number of nitrogens with two attached hydrogens (primary N) is 1. The number of hydrogen-bond donors (Lipinski definition) is 1. The molecule has 0 fully saturated rings. The molecule has 2 aromatic rings. The third-order valence-corrected chi connectivity index (χ3v) is 3.71. The van der Waals surface area contributed by atoms with Gasteiger partial charge in [-0.3, -0.25) is 14.5 Å². The van der Waals surface area contributed by atoms with Crippen LogP contribution in [-0.4, -0.2) is 29.2 Å². The number of carbonyl (C=O) groups excluding carboxylic acids is 3. The number of nitrogen functional groups attached to an aromatic ring is 1. The van der Waals surface area contributed by atoms with Crippen LogP contribution in [0.5, 0.6) is 0 Å². The minimum Gasteiger partial charge on any atom is -0.550 e. The third kappa shape index (κ3) is 3.10. The fraction of sp³-hybridized carbons (Fsp3) is 0.188. The maximum Gasteiger partial charge on any atom is 1.00 e. The van der Waals surface area contributed by atoms with E-state index in [0.29, 0.717) is 22.2 Å². The Balaban J connectivity index is 0.00000192. The molecule has 0 aliphatic carbocycles. The van der Waals surface area contributed by atoms with Gasteiger partial charge in [0.15, 0.2) is 0 Å². The number of nitrogens with zero attached hydrogens (tertiary/aromatic N) is 1. The zero-order valence-electron chi connectivity index (χ0n) is 12.7. The Morgan fingerprint density at radius 3 is 2.52 bits per heavy atom. The van der Waals surface area contributed by atoms with Gasteiger partial charge in [-0.2, -0.15) is 0 Å². The summed E-state index contributed by atoms with van der Waals surface area (Å²) in [6, 6.07) is 8.45. The summed E-state index contributed by atoms with van der Waals surface area (Å²) in [5.74, 6) is -2.06. The summed E-state index contributed by atoms with van der Waals surface area (Å²) in [4.78, 5) is 36.6. The van der Waals surface area contributed by atoms with Crippen LogP contribution in [0.4, 0.5) is 5.69 Å². The van der Waals surface area contributed by atoms with E-state index in [4.69, 9.17) is 5.73 Å². The van der Waals surface area contributed by atoms with Crippen LogP contribution < -0.4 is 40.4 Å². The average molecular weight is 320 g/mol. The van der Waals surface area contributed by atoms with Crippen molar-refractivity contribution in [1.29, 1.82) is 0 Å². The van der Waals surface area contributed by atoms with Gasteiger partial charge >= 0.3 is 29.6 Å². The molecule has 1 heterocycles. The van der Waals surface area contributed by atoms with E-state index in [1.807, 2.05) is 0 Å². The smallest absolute Gasteiger partial charge is 0.550 e. The number of benzene rings is 2. The molecule has 2 amide bonds. The third-order valence-electron chi connectivity index (χ3n) is 3.71. The molecule has 0 unspecified atom stereocenters. The number of carboxylic acids is 1. The van der Waals surface area contributed by atoms with Gasteiger partial charge in [-0.1, -0.05) is 12.1 Å². The van der Waals surface area contributed by atoms with E-state index in [0.717, 1.165) is 10.3 Å². The van der Waals surface area contributed by atoms with Crippen molar-refractivity contribution in [2.24, 2.45) is 0 Å². The van der Waals surface area contributed by atoms with E-state index < -0.39 is 17.8 Å². The number of rotatable bonds is 4. The van der Waals surface area contributed by atoms with Crippen molar-refractivity contribution in [2.75, 3.05) is 12.3 Å². The largest absolute Gasteiger partial charge is 1.00 e. The molecule has 2 aromatic carbocycles. The van der Waals surface area contributed by atoms with Gasteiger partial charge in [0.2, 0.25) is 0 Å². The van der Waals surface area contributed by atoms with Crippen LogP contribution in [0, 0.1) is 0 Å². The fourth-order valence-electron chi connectivity index (χ4n) is 2.77. The summed E-state index contributed by atoms with van der Waals surface area (Å²) in [7, 11) is 0. The molecule has 3 rings (SSSR count). The van der Waals surface area contributed by atoms with Crippen LogP contribution >= 0.6 is 0 Å². The zero-order chi connectivity index (χ0) is 15.9. The van der Waals surface area contributed by atoms with E-state index in [1.54, 1.807) is 30.3 Å². The molecular weight excluding hydrogens is 307 g/mol. The Bertz CT molecular complexity index is 819. The van der Waals surface area contributed by atoms with Gasteiger partial charge in [0.25, 0.3) is 11.8 Å². The quantitative estimate of drug-likeness (QED) is 0.383. The number of hydrogen-bond acceptors (Lipinski definition) is 5. The van der Waals surface area contributed by atoms with Gasteiger partial charge in [0.1, 0.15) is 0 Å². The Kier molecular flexibility index (Phi) is 5.09. The van der Waals surface area contributed by atoms with Crippen LogP contribution in [0.3, 0.4) is 0 Å². The van der Waals surface area contributed by atoms with Crippen LogP contribution in [0.15, 0.2) is 30.3 Å². The van der Waals surface area contributed by atoms with Crippen molar-refractivity contribution < 1.29 is 49.0 Å². The summed E-state index contributed by atoms with van der Waals surface area (Å²) in [6.45, 7) is 0.0380. The molecule has 0 bridgehead atoms. The van der Waals surface area contributed by atoms with Gasteiger partial charge in [0.05, 0.1) is 5.56 Å². The van der Waals surface area contributed by atoms with Gasteiger partial charge in [0, 0.05) is 29.2 Å². The number of anilines is 1. The summed E-state index contributed by atoms with van der Waals surface area (Å²) in [6.07, 6.45) is -0.0432. The second kappa shape index (κ2) is 6.70. The molecular formula is C16H13N2NaO4. The van der Waals surface area contributed by atoms with Crippen molar-refractivity contribution in [3.05, 3.63) is 41.5 Å². The predicted molar refractivity (Wildman–Crippen MR) is 78.0 cm³/mol. The molecule has 0 atom stereocenters. The first-order chi connectivity index (χ1) is 10.5. The molecule has 6 nitrogen and oxygen atoms in total. The second-order valence-corrected chi connectivity index (χ2v) is 5.21. The van der Waals surface area contributed by atoms with E-state index >= 15 is 0 Å². The van der Waals surface area contributed by atoms with Crippen molar-refractivity contribution >= 4 is 34.2 Å². The first-order valence-electron chi connectivity index (χ1n) is 6.87. The Morgan fingerprint density at radius 2 is 1.83 bits per heavy atom. The van der Waals surface area contributed by atoms with E-state index in [-0.39, 0.29) is 48.9 Å². The predicted octanol–water partition coefficient (Wildman–Crippen LogP) is -2.45. The molecule has 0 saturated heterocycles. The number of imide groups is 1. The van der Waals surface area contributed by atoms with Gasteiger partial charge in [-0.25, -0.2) is 0 Å². The summed E-state index contributed by atoms with van der Waals surface area (Å²) >= 11 is 0. The topological polar surface area (TPSA) is 104 Å². The van der Waals surface area contributed by atoms with Crippen molar-refractivity contribution in [2.45, 2.75) is 12.8 Å². The maximum atomic E-state index is 12.5. The molecule has 2 N–H and O–H groups in total. The minimum absolute atomic E-state index is 0. The van der Waals surface area contributed by atoms with Crippen LogP contribution in [0.1, 0.15) is 33.6 Å². The van der Waals surface area contributed by atoms with Crippen LogP contribution in [0.25, 0.3) is 10.8 Å². The SMILES string of the molecule is Nc1cc2c3c(cccc3c1)C(=O)N(CCCC(=O)[O-])C2=O.[Na+]. The molecule has 0 radical (unpaired) electrons. The fourth-order valence-corrected chi connectivity index (χ4v) is 2.77. The van der Waals surface area contributed by atoms with Crippen molar-refractivity contribution in [1.82, 2.24) is 4.90 Å². The second-order valence-electron chi connectivity index (χ2n) is 5.21. The zero-order valence-corrected chi connectivity index (χ0v) is 14.7. The monoisotopic (exact) mass is 320 g/mol. The number of carboxylic acid groups (broad SMARTS) is 1. The Labute approximate surface area is 154 Å². The van der Waals surface area contributed by atoms with E-state index in [9.17, 15) is 19.5 Å². The van der Waals surface area contributed by atoms with Crippen LogP contribution in [-0.2, 0) is 4.79 Å². The van der Waals surface area contributed by atoms with Gasteiger partial charge < -0.3 is 15.6 Å². The number of aliphatic carboxylic acids is 1. The molecule has 0 spiro atoms. The molecule has 1 aliphatic heterocycles. The van der Waals surface area contributed by atoms with Crippen LogP contribution in [0.2, 0.25) is 0 Å². The molecule has 23 heavy (non-hydrogen) atoms. The molecule has 0 aromatic heterocycles.